The van der Waals surface area contributed by atoms with Gasteiger partial charge in [-0.25, -0.2) is 4.99 Å². The highest BCUT2D eigenvalue weighted by molar-refractivity contribution is 5.79. The highest BCUT2D eigenvalue weighted by atomic mass is 16.7. The Balaban J connectivity index is 1.32. The fraction of sp³-hybridized carbons (Fsp3) is 0.542. The number of rotatable bonds is 8. The second kappa shape index (κ2) is 10.7. The molecular formula is C24H33N3O4. The van der Waals surface area contributed by atoms with Crippen LogP contribution >= 0.6 is 0 Å². The monoisotopic (exact) mass is 427 g/mol. The standard InChI is InChI=1S/C24H33N3O4/c1-28-20-9-7-19(8-10-20)16-26-23(25-14-11-21-6-5-15-29-21)27-17-22-18-30-24(31-22)12-3-2-4-13-24/h5-10,15,22H,2-4,11-14,16-18H2,1H3,(H2,25,26,27). The van der Waals surface area contributed by atoms with E-state index in [4.69, 9.17) is 23.6 Å². The van der Waals surface area contributed by atoms with Gasteiger partial charge in [0.05, 0.1) is 26.5 Å². The molecule has 0 radical (unpaired) electrons. The molecule has 2 N–H and O–H groups in total. The summed E-state index contributed by atoms with van der Waals surface area (Å²) in [5.74, 6) is 2.21. The first-order chi connectivity index (χ1) is 15.2. The summed E-state index contributed by atoms with van der Waals surface area (Å²) >= 11 is 0. The van der Waals surface area contributed by atoms with Crippen LogP contribution in [0.4, 0.5) is 0 Å². The van der Waals surface area contributed by atoms with E-state index >= 15 is 0 Å². The Morgan fingerprint density at radius 3 is 2.71 bits per heavy atom. The highest BCUT2D eigenvalue weighted by Crippen LogP contribution is 2.37. The minimum absolute atomic E-state index is 0.0381. The molecule has 2 aliphatic rings. The van der Waals surface area contributed by atoms with Crippen molar-refractivity contribution in [3.8, 4) is 5.75 Å². The van der Waals surface area contributed by atoms with Crippen molar-refractivity contribution in [2.24, 2.45) is 4.99 Å². The van der Waals surface area contributed by atoms with E-state index in [2.05, 4.69) is 10.6 Å². The van der Waals surface area contributed by atoms with E-state index < -0.39 is 0 Å². The minimum atomic E-state index is -0.349. The number of nitrogens with one attached hydrogen (secondary N) is 2. The van der Waals surface area contributed by atoms with Crippen LogP contribution in [0, 0.1) is 0 Å². The lowest BCUT2D eigenvalue weighted by molar-refractivity contribution is -0.186. The smallest absolute Gasteiger partial charge is 0.191 e. The van der Waals surface area contributed by atoms with E-state index in [1.807, 2.05) is 36.4 Å². The Kier molecular flexibility index (Phi) is 7.48. The second-order valence-corrected chi connectivity index (χ2v) is 8.17. The fourth-order valence-electron chi connectivity index (χ4n) is 4.11. The van der Waals surface area contributed by atoms with Gasteiger partial charge in [-0.1, -0.05) is 18.6 Å². The van der Waals surface area contributed by atoms with E-state index in [9.17, 15) is 0 Å². The van der Waals surface area contributed by atoms with Gasteiger partial charge in [0.25, 0.3) is 0 Å². The number of hydrogen-bond donors (Lipinski definition) is 2. The Bertz CT molecular complexity index is 814. The molecule has 1 unspecified atom stereocenters. The zero-order valence-electron chi connectivity index (χ0n) is 18.3. The molecule has 1 saturated heterocycles. The number of aliphatic imine (C=N–C) groups is 1. The molecule has 7 nitrogen and oxygen atoms in total. The van der Waals surface area contributed by atoms with Gasteiger partial charge >= 0.3 is 0 Å². The van der Waals surface area contributed by atoms with Crippen molar-refractivity contribution in [2.75, 3.05) is 26.8 Å². The topological polar surface area (TPSA) is 77.2 Å². The van der Waals surface area contributed by atoms with Crippen LogP contribution in [0.2, 0.25) is 0 Å². The van der Waals surface area contributed by atoms with E-state index in [1.54, 1.807) is 13.4 Å². The summed E-state index contributed by atoms with van der Waals surface area (Å²) in [6.45, 7) is 2.60. The maximum atomic E-state index is 6.30. The lowest BCUT2D eigenvalue weighted by atomic mass is 9.94. The second-order valence-electron chi connectivity index (χ2n) is 8.17. The van der Waals surface area contributed by atoms with Crippen molar-refractivity contribution < 1.29 is 18.6 Å². The van der Waals surface area contributed by atoms with Gasteiger partial charge in [-0.2, -0.15) is 0 Å². The zero-order chi connectivity index (χ0) is 21.4. The van der Waals surface area contributed by atoms with Gasteiger partial charge in [0.15, 0.2) is 11.7 Å². The van der Waals surface area contributed by atoms with Crippen LogP contribution in [0.3, 0.4) is 0 Å². The SMILES string of the molecule is COc1ccc(CN=C(NCCc2ccco2)NCC2COC3(CCCCC3)O2)cc1. The quantitative estimate of drug-likeness (QED) is 0.495. The largest absolute Gasteiger partial charge is 0.497 e. The number of methoxy groups -OCH3 is 1. The van der Waals surface area contributed by atoms with Crippen LogP contribution in [0.1, 0.15) is 43.4 Å². The van der Waals surface area contributed by atoms with Gasteiger partial charge in [-0.3, -0.25) is 0 Å². The molecule has 1 aliphatic carbocycles. The number of benzene rings is 1. The Hall–Kier alpha value is -2.51. The molecule has 1 aromatic carbocycles. The minimum Gasteiger partial charge on any atom is -0.497 e. The van der Waals surface area contributed by atoms with Gasteiger partial charge in [-0.05, 0) is 42.7 Å². The van der Waals surface area contributed by atoms with Crippen LogP contribution < -0.4 is 15.4 Å². The van der Waals surface area contributed by atoms with E-state index in [0.717, 1.165) is 48.8 Å². The first-order valence-electron chi connectivity index (χ1n) is 11.2. The average molecular weight is 428 g/mol. The predicted octanol–water partition coefficient (Wildman–Crippen LogP) is 3.64. The molecule has 4 rings (SSSR count). The molecule has 1 saturated carbocycles. The van der Waals surface area contributed by atoms with Gasteiger partial charge in [0.1, 0.15) is 17.6 Å². The van der Waals surface area contributed by atoms with Gasteiger partial charge < -0.3 is 29.3 Å². The first-order valence-corrected chi connectivity index (χ1v) is 11.2. The third-order valence-corrected chi connectivity index (χ3v) is 5.85. The lowest BCUT2D eigenvalue weighted by Crippen LogP contribution is -2.43. The maximum absolute atomic E-state index is 6.30. The van der Waals surface area contributed by atoms with Crippen molar-refractivity contribution in [3.63, 3.8) is 0 Å². The van der Waals surface area contributed by atoms with Crippen molar-refractivity contribution in [1.82, 2.24) is 10.6 Å². The molecule has 2 aromatic rings. The van der Waals surface area contributed by atoms with Crippen molar-refractivity contribution in [1.29, 1.82) is 0 Å². The van der Waals surface area contributed by atoms with Gasteiger partial charge in [0.2, 0.25) is 0 Å². The first kappa shape index (κ1) is 21.7. The van der Waals surface area contributed by atoms with Gasteiger partial charge in [-0.15, -0.1) is 0 Å². The number of hydrogen-bond acceptors (Lipinski definition) is 5. The fourth-order valence-corrected chi connectivity index (χ4v) is 4.11. The van der Waals surface area contributed by atoms with Gasteiger partial charge in [0, 0.05) is 32.4 Å². The molecule has 0 bridgehead atoms. The number of furan rings is 1. The number of nitrogens with zero attached hydrogens (tertiary/aromatic N) is 1. The Morgan fingerprint density at radius 1 is 1.13 bits per heavy atom. The molecule has 7 heteroatoms. The lowest BCUT2D eigenvalue weighted by Gasteiger charge is -2.31. The molecule has 1 aliphatic heterocycles. The third-order valence-electron chi connectivity index (χ3n) is 5.85. The molecule has 2 fully saturated rings. The maximum Gasteiger partial charge on any atom is 0.191 e. The third kappa shape index (κ3) is 6.24. The van der Waals surface area contributed by atoms with Crippen LogP contribution in [0.25, 0.3) is 0 Å². The zero-order valence-corrected chi connectivity index (χ0v) is 18.3. The summed E-state index contributed by atoms with van der Waals surface area (Å²) in [6.07, 6.45) is 8.18. The van der Waals surface area contributed by atoms with E-state index in [0.29, 0.717) is 19.7 Å². The Labute approximate surface area is 184 Å². The molecule has 2 heterocycles. The highest BCUT2D eigenvalue weighted by Gasteiger charge is 2.42. The van der Waals surface area contributed by atoms with Crippen molar-refractivity contribution >= 4 is 5.96 Å². The normalized spacial score (nSPS) is 20.7. The number of ether oxygens (including phenoxy) is 3. The molecule has 31 heavy (non-hydrogen) atoms. The molecule has 1 spiro atoms. The van der Waals surface area contributed by atoms with Crippen LogP contribution in [-0.4, -0.2) is 44.7 Å². The average Bonchev–Trinajstić information content (AvgIpc) is 3.46. The van der Waals surface area contributed by atoms with Crippen LogP contribution in [0.15, 0.2) is 52.1 Å². The van der Waals surface area contributed by atoms with Crippen LogP contribution in [0.5, 0.6) is 5.75 Å². The summed E-state index contributed by atoms with van der Waals surface area (Å²) in [5, 5.41) is 6.84. The summed E-state index contributed by atoms with van der Waals surface area (Å²) in [6, 6.07) is 11.9. The molecular weight excluding hydrogens is 394 g/mol. The summed E-state index contributed by atoms with van der Waals surface area (Å²) in [4.78, 5) is 4.76. The van der Waals surface area contributed by atoms with Crippen molar-refractivity contribution in [3.05, 3.63) is 54.0 Å². The molecule has 1 aromatic heterocycles. The van der Waals surface area contributed by atoms with Crippen molar-refractivity contribution in [2.45, 2.75) is 57.0 Å². The molecule has 0 amide bonds. The Morgan fingerprint density at radius 2 is 1.97 bits per heavy atom. The van der Waals surface area contributed by atoms with E-state index in [-0.39, 0.29) is 11.9 Å². The molecule has 1 atom stereocenters. The van der Waals surface area contributed by atoms with Crippen LogP contribution in [-0.2, 0) is 22.4 Å². The summed E-state index contributed by atoms with van der Waals surface area (Å²) in [7, 11) is 1.67. The summed E-state index contributed by atoms with van der Waals surface area (Å²) in [5.41, 5.74) is 1.12. The van der Waals surface area contributed by atoms with E-state index in [1.165, 1.54) is 19.3 Å². The number of guanidine groups is 1. The summed E-state index contributed by atoms with van der Waals surface area (Å²) < 4.78 is 23.0. The molecule has 168 valence electrons. The predicted molar refractivity (Wildman–Crippen MR) is 119 cm³/mol.